The minimum absolute atomic E-state index is 0.130. The summed E-state index contributed by atoms with van der Waals surface area (Å²) < 4.78 is 5.30. The van der Waals surface area contributed by atoms with Gasteiger partial charge in [0.25, 0.3) is 0 Å². The molecule has 0 fully saturated rings. The Morgan fingerprint density at radius 1 is 1.43 bits per heavy atom. The van der Waals surface area contributed by atoms with Gasteiger partial charge in [-0.1, -0.05) is 25.4 Å². The highest BCUT2D eigenvalue weighted by Gasteiger charge is 2.12. The number of rotatable bonds is 8. The molecule has 0 saturated carbocycles. The van der Waals surface area contributed by atoms with Crippen LogP contribution >= 0.6 is 23.4 Å². The fraction of sp³-hybridized carbons (Fsp3) is 0.562. The van der Waals surface area contributed by atoms with Crippen LogP contribution in [-0.2, 0) is 11.3 Å². The summed E-state index contributed by atoms with van der Waals surface area (Å²) in [7, 11) is 3.43. The lowest BCUT2D eigenvalue weighted by molar-refractivity contribution is -0.127. The van der Waals surface area contributed by atoms with Crippen LogP contribution in [-0.4, -0.2) is 36.5 Å². The number of thioether (sulfide) groups is 1. The topological polar surface area (TPSA) is 29.5 Å². The highest BCUT2D eigenvalue weighted by molar-refractivity contribution is 7.99. The molecule has 1 aromatic carbocycles. The van der Waals surface area contributed by atoms with E-state index < -0.39 is 0 Å². The minimum Gasteiger partial charge on any atom is -0.496 e. The van der Waals surface area contributed by atoms with E-state index in [4.69, 9.17) is 16.3 Å². The lowest BCUT2D eigenvalue weighted by atomic mass is 10.2. The molecule has 21 heavy (non-hydrogen) atoms. The molecule has 0 atom stereocenters. The van der Waals surface area contributed by atoms with Gasteiger partial charge < -0.3 is 9.64 Å². The maximum atomic E-state index is 12.1. The second-order valence-corrected chi connectivity index (χ2v) is 6.98. The number of methoxy groups -OCH3 is 1. The Morgan fingerprint density at radius 2 is 2.14 bits per heavy atom. The van der Waals surface area contributed by atoms with Gasteiger partial charge in [0.2, 0.25) is 5.91 Å². The molecule has 5 heteroatoms. The van der Waals surface area contributed by atoms with Gasteiger partial charge >= 0.3 is 0 Å². The Hall–Kier alpha value is -0.870. The van der Waals surface area contributed by atoms with E-state index in [1.807, 2.05) is 19.2 Å². The third-order valence-electron chi connectivity index (χ3n) is 3.14. The molecule has 0 unspecified atom stereocenters. The van der Waals surface area contributed by atoms with Crippen LogP contribution in [0.3, 0.4) is 0 Å². The summed E-state index contributed by atoms with van der Waals surface area (Å²) in [4.78, 5) is 13.8. The van der Waals surface area contributed by atoms with Crippen LogP contribution in [0.5, 0.6) is 5.75 Å². The van der Waals surface area contributed by atoms with Crippen LogP contribution in [0.1, 0.15) is 25.8 Å². The van der Waals surface area contributed by atoms with E-state index in [1.165, 1.54) is 0 Å². The van der Waals surface area contributed by atoms with E-state index in [-0.39, 0.29) is 5.91 Å². The second-order valence-electron chi connectivity index (χ2n) is 5.44. The zero-order valence-corrected chi connectivity index (χ0v) is 14.8. The molecule has 1 rings (SSSR count). The molecule has 0 aliphatic carbocycles. The summed E-state index contributed by atoms with van der Waals surface area (Å²) >= 11 is 7.70. The van der Waals surface area contributed by atoms with E-state index in [0.29, 0.717) is 23.2 Å². The number of carbonyl (C=O) groups excluding carboxylic acids is 1. The molecule has 0 aromatic heterocycles. The Kier molecular flexibility index (Phi) is 7.97. The maximum Gasteiger partial charge on any atom is 0.232 e. The smallest absolute Gasteiger partial charge is 0.232 e. The summed E-state index contributed by atoms with van der Waals surface area (Å²) in [6, 6.07) is 5.46. The number of nitrogens with zero attached hydrogens (tertiary/aromatic N) is 1. The van der Waals surface area contributed by atoms with Crippen LogP contribution in [0.4, 0.5) is 0 Å². The highest BCUT2D eigenvalue weighted by atomic mass is 35.5. The van der Waals surface area contributed by atoms with Gasteiger partial charge in [-0.25, -0.2) is 0 Å². The monoisotopic (exact) mass is 329 g/mol. The Bertz CT molecular complexity index is 466. The first-order valence-electron chi connectivity index (χ1n) is 7.08. The minimum atomic E-state index is 0.130. The quantitative estimate of drug-likeness (QED) is 0.673. The summed E-state index contributed by atoms with van der Waals surface area (Å²) in [5.74, 6) is 3.11. The van der Waals surface area contributed by atoms with Gasteiger partial charge in [0, 0.05) is 24.2 Å². The number of hydrogen-bond donors (Lipinski definition) is 0. The predicted octanol–water partition coefficient (Wildman–Crippen LogP) is 4.09. The highest BCUT2D eigenvalue weighted by Crippen LogP contribution is 2.24. The first kappa shape index (κ1) is 18.2. The van der Waals surface area contributed by atoms with E-state index in [0.717, 1.165) is 23.5 Å². The number of amides is 1. The van der Waals surface area contributed by atoms with Gasteiger partial charge in [0.15, 0.2) is 0 Å². The zero-order chi connectivity index (χ0) is 15.8. The average Bonchev–Trinajstić information content (AvgIpc) is 2.43. The standard InChI is InChI=1S/C16H24ClNO2S/c1-12(2)7-8-21-11-16(19)18(3)10-13-9-14(17)5-6-15(13)20-4/h5-6,9,12H,7-8,10-11H2,1-4H3. The molecule has 1 amide bonds. The molecule has 1 aromatic rings. The van der Waals surface area contributed by atoms with Crippen molar-refractivity contribution < 1.29 is 9.53 Å². The van der Waals surface area contributed by atoms with Crippen molar-refractivity contribution in [3.8, 4) is 5.75 Å². The third kappa shape index (κ3) is 6.62. The lowest BCUT2D eigenvalue weighted by Gasteiger charge is -2.19. The molecular formula is C16H24ClNO2S. The summed E-state index contributed by atoms with van der Waals surface area (Å²) in [5.41, 5.74) is 0.924. The van der Waals surface area contributed by atoms with E-state index in [1.54, 1.807) is 29.8 Å². The molecule has 0 bridgehead atoms. The van der Waals surface area contributed by atoms with Crippen molar-refractivity contribution in [3.05, 3.63) is 28.8 Å². The van der Waals surface area contributed by atoms with Gasteiger partial charge in [-0.2, -0.15) is 11.8 Å². The van der Waals surface area contributed by atoms with Crippen molar-refractivity contribution in [2.24, 2.45) is 5.92 Å². The summed E-state index contributed by atoms with van der Waals surface area (Å²) in [5, 5.41) is 0.651. The molecule has 0 spiro atoms. The van der Waals surface area contributed by atoms with Crippen LogP contribution in [0.2, 0.25) is 5.02 Å². The predicted molar refractivity (Wildman–Crippen MR) is 91.3 cm³/mol. The Morgan fingerprint density at radius 3 is 2.76 bits per heavy atom. The van der Waals surface area contributed by atoms with Crippen LogP contribution < -0.4 is 4.74 Å². The third-order valence-corrected chi connectivity index (χ3v) is 4.35. The number of hydrogen-bond acceptors (Lipinski definition) is 3. The van der Waals surface area contributed by atoms with Gasteiger partial charge in [0.05, 0.1) is 12.9 Å². The molecular weight excluding hydrogens is 306 g/mol. The normalized spacial score (nSPS) is 10.8. The van der Waals surface area contributed by atoms with Crippen LogP contribution in [0, 0.1) is 5.92 Å². The molecule has 0 aliphatic rings. The molecule has 0 N–H and O–H groups in total. The second kappa shape index (κ2) is 9.21. The fourth-order valence-electron chi connectivity index (χ4n) is 1.80. The van der Waals surface area contributed by atoms with Crippen molar-refractivity contribution in [1.29, 1.82) is 0 Å². The van der Waals surface area contributed by atoms with Crippen LogP contribution in [0.25, 0.3) is 0 Å². The number of ether oxygens (including phenoxy) is 1. The number of carbonyl (C=O) groups is 1. The molecule has 0 radical (unpaired) electrons. The number of benzene rings is 1. The lowest BCUT2D eigenvalue weighted by Crippen LogP contribution is -2.28. The average molecular weight is 330 g/mol. The van der Waals surface area contributed by atoms with Gasteiger partial charge in [-0.15, -0.1) is 0 Å². The molecule has 0 saturated heterocycles. The SMILES string of the molecule is COc1ccc(Cl)cc1CN(C)C(=O)CSCCC(C)C. The Balaban J connectivity index is 2.50. The largest absolute Gasteiger partial charge is 0.496 e. The van der Waals surface area contributed by atoms with Gasteiger partial charge in [-0.05, 0) is 36.3 Å². The molecule has 0 aliphatic heterocycles. The van der Waals surface area contributed by atoms with Crippen molar-refractivity contribution in [1.82, 2.24) is 4.90 Å². The molecule has 3 nitrogen and oxygen atoms in total. The van der Waals surface area contributed by atoms with Crippen molar-refractivity contribution in [3.63, 3.8) is 0 Å². The molecule has 118 valence electrons. The van der Waals surface area contributed by atoms with Crippen molar-refractivity contribution in [2.45, 2.75) is 26.8 Å². The van der Waals surface area contributed by atoms with Gasteiger partial charge in [-0.3, -0.25) is 4.79 Å². The maximum absolute atomic E-state index is 12.1. The van der Waals surface area contributed by atoms with Gasteiger partial charge in [0.1, 0.15) is 5.75 Å². The summed E-state index contributed by atoms with van der Waals surface area (Å²) in [6.07, 6.45) is 1.14. The first-order valence-corrected chi connectivity index (χ1v) is 8.61. The zero-order valence-electron chi connectivity index (χ0n) is 13.2. The van der Waals surface area contributed by atoms with E-state index in [2.05, 4.69) is 13.8 Å². The van der Waals surface area contributed by atoms with Crippen LogP contribution in [0.15, 0.2) is 18.2 Å². The van der Waals surface area contributed by atoms with Crippen molar-refractivity contribution >= 4 is 29.3 Å². The first-order chi connectivity index (χ1) is 9.93. The molecule has 0 heterocycles. The number of halogens is 1. The Labute approximate surface area is 137 Å². The van der Waals surface area contributed by atoms with Crippen molar-refractivity contribution in [2.75, 3.05) is 25.7 Å². The fourth-order valence-corrected chi connectivity index (χ4v) is 3.18. The van der Waals surface area contributed by atoms with E-state index >= 15 is 0 Å². The van der Waals surface area contributed by atoms with E-state index in [9.17, 15) is 4.79 Å². The summed E-state index contributed by atoms with van der Waals surface area (Å²) in [6.45, 7) is 4.90.